The molecule has 5 nitrogen and oxygen atoms in total. The van der Waals surface area contributed by atoms with Crippen LogP contribution >= 0.6 is 0 Å². The zero-order valence-corrected chi connectivity index (χ0v) is 7.71. The molecule has 0 bridgehead atoms. The second kappa shape index (κ2) is 2.50. The molecular formula is C9H12N4O. The summed E-state index contributed by atoms with van der Waals surface area (Å²) in [6, 6.07) is 0.403. The summed E-state index contributed by atoms with van der Waals surface area (Å²) in [4.78, 5) is 18.1. The molecule has 1 aromatic rings. The van der Waals surface area contributed by atoms with Gasteiger partial charge in [-0.15, -0.1) is 0 Å². The Balaban J connectivity index is 2.00. The second-order valence-corrected chi connectivity index (χ2v) is 4.07. The first-order valence-electron chi connectivity index (χ1n) is 4.89. The van der Waals surface area contributed by atoms with Gasteiger partial charge in [-0.3, -0.25) is 9.78 Å². The third-order valence-electron chi connectivity index (χ3n) is 2.97. The summed E-state index contributed by atoms with van der Waals surface area (Å²) in [5.41, 5.74) is 6.13. The summed E-state index contributed by atoms with van der Waals surface area (Å²) in [5.74, 6) is 1.60. The van der Waals surface area contributed by atoms with Crippen LogP contribution in [0.5, 0.6) is 0 Å². The van der Waals surface area contributed by atoms with Gasteiger partial charge < -0.3 is 11.1 Å². The van der Waals surface area contributed by atoms with Crippen molar-refractivity contribution in [2.45, 2.75) is 25.3 Å². The number of hydrogen-bond donors (Lipinski definition) is 3. The first-order chi connectivity index (χ1) is 6.74. The Morgan fingerprint density at radius 2 is 2.21 bits per heavy atom. The van der Waals surface area contributed by atoms with Gasteiger partial charge >= 0.3 is 0 Å². The standard InChI is InChI=1S/C9H12N4O/c10-9-12-7-5(8(14)13-9)3-6(11-7)4-1-2-4/h4,6H,1-3H2,(H4,10,11,12,13,14)/t6-/m0/s1. The molecular weight excluding hydrogens is 180 g/mol. The molecule has 1 aliphatic heterocycles. The van der Waals surface area contributed by atoms with Crippen molar-refractivity contribution in [1.29, 1.82) is 0 Å². The van der Waals surface area contributed by atoms with Gasteiger partial charge in [-0.1, -0.05) is 0 Å². The van der Waals surface area contributed by atoms with E-state index in [0.29, 0.717) is 11.9 Å². The van der Waals surface area contributed by atoms with Gasteiger partial charge in [0, 0.05) is 12.5 Å². The van der Waals surface area contributed by atoms with Crippen LogP contribution in [-0.2, 0) is 6.42 Å². The Morgan fingerprint density at radius 1 is 1.43 bits per heavy atom. The maximum absolute atomic E-state index is 11.5. The molecule has 0 unspecified atom stereocenters. The molecule has 5 heteroatoms. The van der Waals surface area contributed by atoms with Crippen LogP contribution in [0.2, 0.25) is 0 Å². The highest BCUT2D eigenvalue weighted by atomic mass is 16.1. The lowest BCUT2D eigenvalue weighted by Gasteiger charge is -2.07. The van der Waals surface area contributed by atoms with Gasteiger partial charge in [0.25, 0.3) is 5.56 Å². The molecule has 4 N–H and O–H groups in total. The second-order valence-electron chi connectivity index (χ2n) is 4.07. The number of rotatable bonds is 1. The lowest BCUT2D eigenvalue weighted by atomic mass is 10.1. The van der Waals surface area contributed by atoms with Crippen LogP contribution in [-0.4, -0.2) is 16.0 Å². The average Bonchev–Trinajstić information content (AvgIpc) is 2.87. The minimum atomic E-state index is -0.0943. The van der Waals surface area contributed by atoms with Gasteiger partial charge in [-0.2, -0.15) is 4.98 Å². The maximum atomic E-state index is 11.5. The number of nitrogen functional groups attached to an aromatic ring is 1. The molecule has 3 rings (SSSR count). The lowest BCUT2D eigenvalue weighted by molar-refractivity contribution is 0.657. The van der Waals surface area contributed by atoms with Crippen LogP contribution in [0.4, 0.5) is 11.8 Å². The van der Waals surface area contributed by atoms with Gasteiger partial charge in [0.15, 0.2) is 0 Å². The highest BCUT2D eigenvalue weighted by Gasteiger charge is 2.36. The van der Waals surface area contributed by atoms with Gasteiger partial charge in [0.2, 0.25) is 5.95 Å². The molecule has 1 fully saturated rings. The molecule has 0 aromatic carbocycles. The lowest BCUT2D eigenvalue weighted by Crippen LogP contribution is -2.18. The van der Waals surface area contributed by atoms with Crippen LogP contribution in [0.3, 0.4) is 0 Å². The van der Waals surface area contributed by atoms with Crippen LogP contribution in [0.25, 0.3) is 0 Å². The van der Waals surface area contributed by atoms with Crippen molar-refractivity contribution in [2.75, 3.05) is 11.1 Å². The number of nitrogens with zero attached hydrogens (tertiary/aromatic N) is 1. The quantitative estimate of drug-likeness (QED) is 0.589. The molecule has 1 aromatic heterocycles. The SMILES string of the molecule is Nc1nc2c(c(=O)[nH]1)C[C@@H](C1CC1)N2. The summed E-state index contributed by atoms with van der Waals surface area (Å²) < 4.78 is 0. The Hall–Kier alpha value is -1.52. The molecule has 14 heavy (non-hydrogen) atoms. The number of H-pyrrole nitrogens is 1. The van der Waals surface area contributed by atoms with Crippen molar-refractivity contribution in [3.8, 4) is 0 Å². The molecule has 1 aliphatic carbocycles. The first kappa shape index (κ1) is 7.84. The molecule has 2 aliphatic rings. The normalized spacial score (nSPS) is 24.4. The Morgan fingerprint density at radius 3 is 2.93 bits per heavy atom. The van der Waals surface area contributed by atoms with Crippen molar-refractivity contribution in [3.63, 3.8) is 0 Å². The molecule has 0 spiro atoms. The Bertz CT molecular complexity index is 435. The fourth-order valence-corrected chi connectivity index (χ4v) is 2.05. The monoisotopic (exact) mass is 192 g/mol. The van der Waals surface area contributed by atoms with E-state index in [1.807, 2.05) is 0 Å². The molecule has 74 valence electrons. The minimum absolute atomic E-state index is 0.0943. The van der Waals surface area contributed by atoms with Gasteiger partial charge in [0.1, 0.15) is 5.82 Å². The van der Waals surface area contributed by atoms with E-state index >= 15 is 0 Å². The Labute approximate surface area is 80.7 Å². The first-order valence-corrected chi connectivity index (χ1v) is 4.89. The molecule has 1 saturated carbocycles. The minimum Gasteiger partial charge on any atom is -0.369 e. The number of nitrogens with one attached hydrogen (secondary N) is 2. The van der Waals surface area contributed by atoms with Crippen molar-refractivity contribution in [2.24, 2.45) is 5.92 Å². The highest BCUT2D eigenvalue weighted by Crippen LogP contribution is 2.38. The largest absolute Gasteiger partial charge is 0.369 e. The highest BCUT2D eigenvalue weighted by molar-refractivity contribution is 5.52. The van der Waals surface area contributed by atoms with Crippen LogP contribution in [0, 0.1) is 5.92 Å². The van der Waals surface area contributed by atoms with E-state index in [0.717, 1.165) is 17.9 Å². The summed E-state index contributed by atoms with van der Waals surface area (Å²) in [6.45, 7) is 0. The number of fused-ring (bicyclic) bond motifs is 1. The van der Waals surface area contributed by atoms with Crippen molar-refractivity contribution in [1.82, 2.24) is 9.97 Å². The number of aromatic amines is 1. The average molecular weight is 192 g/mol. The van der Waals surface area contributed by atoms with Gasteiger partial charge in [-0.05, 0) is 18.8 Å². The van der Waals surface area contributed by atoms with E-state index in [9.17, 15) is 4.79 Å². The summed E-state index contributed by atoms with van der Waals surface area (Å²) >= 11 is 0. The topological polar surface area (TPSA) is 83.8 Å². The van der Waals surface area contributed by atoms with Crippen molar-refractivity contribution < 1.29 is 0 Å². The van der Waals surface area contributed by atoms with E-state index in [1.54, 1.807) is 0 Å². The summed E-state index contributed by atoms with van der Waals surface area (Å²) in [6.07, 6.45) is 3.32. The van der Waals surface area contributed by atoms with Crippen LogP contribution in [0.15, 0.2) is 4.79 Å². The van der Waals surface area contributed by atoms with Crippen molar-refractivity contribution >= 4 is 11.8 Å². The molecule has 2 heterocycles. The van der Waals surface area contributed by atoms with Gasteiger partial charge in [0.05, 0.1) is 5.56 Å². The van der Waals surface area contributed by atoms with Crippen molar-refractivity contribution in [3.05, 3.63) is 15.9 Å². The third-order valence-corrected chi connectivity index (χ3v) is 2.97. The smallest absolute Gasteiger partial charge is 0.257 e. The van der Waals surface area contributed by atoms with E-state index in [-0.39, 0.29) is 11.5 Å². The molecule has 0 radical (unpaired) electrons. The maximum Gasteiger partial charge on any atom is 0.257 e. The number of aromatic nitrogens is 2. The van der Waals surface area contributed by atoms with E-state index in [2.05, 4.69) is 15.3 Å². The zero-order valence-electron chi connectivity index (χ0n) is 7.71. The molecule has 0 saturated heterocycles. The fourth-order valence-electron chi connectivity index (χ4n) is 2.05. The van der Waals surface area contributed by atoms with Crippen LogP contribution < -0.4 is 16.6 Å². The summed E-state index contributed by atoms with van der Waals surface area (Å²) in [5, 5.41) is 3.27. The third kappa shape index (κ3) is 1.08. The molecule has 1 atom stereocenters. The number of hydrogen-bond acceptors (Lipinski definition) is 4. The van der Waals surface area contributed by atoms with E-state index in [4.69, 9.17) is 5.73 Å². The predicted molar refractivity (Wildman–Crippen MR) is 53.1 cm³/mol. The molecule has 0 amide bonds. The van der Waals surface area contributed by atoms with Crippen LogP contribution in [0.1, 0.15) is 18.4 Å². The number of anilines is 2. The zero-order chi connectivity index (χ0) is 9.71. The predicted octanol–water partition coefficient (Wildman–Crippen LogP) is 0.0987. The Kier molecular flexibility index (Phi) is 1.40. The van der Waals surface area contributed by atoms with E-state index in [1.165, 1.54) is 12.8 Å². The van der Waals surface area contributed by atoms with Gasteiger partial charge in [-0.25, -0.2) is 0 Å². The van der Waals surface area contributed by atoms with E-state index < -0.39 is 0 Å². The summed E-state index contributed by atoms with van der Waals surface area (Å²) in [7, 11) is 0. The number of nitrogens with two attached hydrogens (primary N) is 1. The fraction of sp³-hybridized carbons (Fsp3) is 0.556.